The number of anilines is 1. The molecule has 11 nitrogen and oxygen atoms in total. The smallest absolute Gasteiger partial charge is 0.413 e. The first-order valence-electron chi connectivity index (χ1n) is 10.4. The fraction of sp³-hybridized carbons (Fsp3) is 0.524. The number of hydrogen-bond acceptors (Lipinski definition) is 8. The summed E-state index contributed by atoms with van der Waals surface area (Å²) < 4.78 is 10.2. The molecule has 172 valence electrons. The number of carboxylic acid groups (broad SMARTS) is 1. The number of aromatic nitrogens is 4. The number of rotatable bonds is 5. The quantitative estimate of drug-likeness (QED) is 0.711. The van der Waals surface area contributed by atoms with Crippen molar-refractivity contribution >= 4 is 18.0 Å². The van der Waals surface area contributed by atoms with Gasteiger partial charge in [-0.2, -0.15) is 0 Å². The van der Waals surface area contributed by atoms with Gasteiger partial charge in [-0.1, -0.05) is 0 Å². The van der Waals surface area contributed by atoms with Crippen molar-refractivity contribution in [2.75, 3.05) is 12.0 Å². The molecule has 2 heterocycles. The molecule has 0 aromatic carbocycles. The van der Waals surface area contributed by atoms with Gasteiger partial charge in [0.2, 0.25) is 0 Å². The van der Waals surface area contributed by atoms with E-state index in [1.807, 2.05) is 20.8 Å². The molecule has 1 saturated carbocycles. The third kappa shape index (κ3) is 6.02. The Kier molecular flexibility index (Phi) is 7.06. The Morgan fingerprint density at radius 3 is 2.19 bits per heavy atom. The lowest BCUT2D eigenvalue weighted by atomic mass is 9.90. The number of nitrogens with one attached hydrogen (secondary N) is 1. The molecule has 0 unspecified atom stereocenters. The Morgan fingerprint density at radius 2 is 1.69 bits per heavy atom. The molecule has 0 spiro atoms. The minimum atomic E-state index is -1.09. The summed E-state index contributed by atoms with van der Waals surface area (Å²) in [5, 5.41) is 12.7. The lowest BCUT2D eigenvalue weighted by Gasteiger charge is -2.35. The van der Waals surface area contributed by atoms with Crippen LogP contribution in [-0.2, 0) is 4.74 Å². The molecule has 0 radical (unpaired) electrons. The highest BCUT2D eigenvalue weighted by Gasteiger charge is 2.32. The molecule has 2 N–H and O–H groups in total. The number of methoxy groups -OCH3 is 1. The normalized spacial score (nSPS) is 18.5. The molecule has 1 aliphatic carbocycles. The first kappa shape index (κ1) is 23.2. The van der Waals surface area contributed by atoms with Crippen molar-refractivity contribution in [3.8, 4) is 17.3 Å². The van der Waals surface area contributed by atoms with Gasteiger partial charge >= 0.3 is 18.2 Å². The first-order valence-corrected chi connectivity index (χ1v) is 10.4. The second-order valence-corrected chi connectivity index (χ2v) is 8.52. The van der Waals surface area contributed by atoms with Gasteiger partial charge in [0.1, 0.15) is 5.60 Å². The Morgan fingerprint density at radius 1 is 1.03 bits per heavy atom. The molecule has 2 amide bonds. The molecule has 3 rings (SSSR count). The monoisotopic (exact) mass is 444 g/mol. The molecular weight excluding hydrogens is 416 g/mol. The molecule has 1 fully saturated rings. The van der Waals surface area contributed by atoms with E-state index in [1.54, 1.807) is 12.4 Å². The predicted octanol–water partition coefficient (Wildman–Crippen LogP) is 3.26. The molecule has 11 heteroatoms. The first-order chi connectivity index (χ1) is 15.2. The van der Waals surface area contributed by atoms with Gasteiger partial charge in [0.15, 0.2) is 5.82 Å². The standard InChI is InChI=1S/C21H28N6O5/c1-21(2,3)32-19(28)26-14-5-7-15(8-6-14)27(20(29)30)17-12-22-16(11-23-17)13-9-24-18(31-4)25-10-13/h9-12,14-15H,5-8H2,1-4H3,(H,26,28)(H,29,30). The lowest BCUT2D eigenvalue weighted by Crippen LogP contribution is -2.47. The average molecular weight is 444 g/mol. The van der Waals surface area contributed by atoms with Gasteiger partial charge in [-0.05, 0) is 46.5 Å². The van der Waals surface area contributed by atoms with Crippen molar-refractivity contribution in [3.63, 3.8) is 0 Å². The van der Waals surface area contributed by atoms with Crippen LogP contribution in [0.1, 0.15) is 46.5 Å². The van der Waals surface area contributed by atoms with Gasteiger partial charge in [0.25, 0.3) is 0 Å². The molecule has 2 aromatic heterocycles. The summed E-state index contributed by atoms with van der Waals surface area (Å²) >= 11 is 0. The minimum absolute atomic E-state index is 0.0553. The maximum atomic E-state index is 12.0. The van der Waals surface area contributed by atoms with E-state index in [0.717, 1.165) is 0 Å². The maximum absolute atomic E-state index is 12.0. The Bertz CT molecular complexity index is 921. The van der Waals surface area contributed by atoms with Crippen LogP contribution in [0.3, 0.4) is 0 Å². The highest BCUT2D eigenvalue weighted by atomic mass is 16.6. The third-order valence-corrected chi connectivity index (χ3v) is 4.98. The number of alkyl carbamates (subject to hydrolysis) is 1. The number of ether oxygens (including phenoxy) is 2. The van der Waals surface area contributed by atoms with E-state index in [1.165, 1.54) is 24.4 Å². The van der Waals surface area contributed by atoms with E-state index in [9.17, 15) is 14.7 Å². The second-order valence-electron chi connectivity index (χ2n) is 8.52. The van der Waals surface area contributed by atoms with E-state index in [0.29, 0.717) is 36.9 Å². The molecule has 2 aromatic rings. The van der Waals surface area contributed by atoms with Gasteiger partial charge in [-0.15, -0.1) is 0 Å². The van der Waals surface area contributed by atoms with Crippen LogP contribution in [0, 0.1) is 0 Å². The second kappa shape index (κ2) is 9.75. The number of hydrogen-bond donors (Lipinski definition) is 2. The van der Waals surface area contributed by atoms with E-state index in [4.69, 9.17) is 9.47 Å². The summed E-state index contributed by atoms with van der Waals surface area (Å²) in [6, 6.07) is -0.0684. The Balaban J connectivity index is 1.63. The van der Waals surface area contributed by atoms with Crippen LogP contribution in [0.4, 0.5) is 15.4 Å². The molecule has 0 aliphatic heterocycles. The van der Waals surface area contributed by atoms with Gasteiger partial charge in [0.05, 0.1) is 25.2 Å². The van der Waals surface area contributed by atoms with Gasteiger partial charge in [-0.3, -0.25) is 9.88 Å². The zero-order valence-electron chi connectivity index (χ0n) is 18.6. The van der Waals surface area contributed by atoms with Crippen LogP contribution in [-0.4, -0.2) is 62.0 Å². The van der Waals surface area contributed by atoms with Crippen molar-refractivity contribution < 1.29 is 24.2 Å². The highest BCUT2D eigenvalue weighted by molar-refractivity contribution is 5.85. The molecule has 0 saturated heterocycles. The summed E-state index contributed by atoms with van der Waals surface area (Å²) in [6.07, 6.45) is 6.94. The van der Waals surface area contributed by atoms with E-state index < -0.39 is 17.8 Å². The fourth-order valence-corrected chi connectivity index (χ4v) is 3.54. The van der Waals surface area contributed by atoms with Crippen molar-refractivity contribution in [1.82, 2.24) is 25.3 Å². The van der Waals surface area contributed by atoms with Crippen molar-refractivity contribution in [2.45, 2.75) is 64.1 Å². The van der Waals surface area contributed by atoms with Crippen LogP contribution in [0.5, 0.6) is 6.01 Å². The van der Waals surface area contributed by atoms with E-state index in [2.05, 4.69) is 25.3 Å². The van der Waals surface area contributed by atoms with Gasteiger partial charge < -0.3 is 19.9 Å². The Labute approximate surface area is 186 Å². The summed E-state index contributed by atoms with van der Waals surface area (Å²) in [7, 11) is 1.48. The highest BCUT2D eigenvalue weighted by Crippen LogP contribution is 2.27. The largest absolute Gasteiger partial charge is 0.467 e. The van der Waals surface area contributed by atoms with Crippen molar-refractivity contribution in [2.24, 2.45) is 0 Å². The summed E-state index contributed by atoms with van der Waals surface area (Å²) in [5.41, 5.74) is 0.594. The van der Waals surface area contributed by atoms with Crippen LogP contribution < -0.4 is 15.0 Å². The van der Waals surface area contributed by atoms with Gasteiger partial charge in [0, 0.05) is 30.0 Å². The number of carbonyl (C=O) groups excluding carboxylic acids is 1. The van der Waals surface area contributed by atoms with Crippen molar-refractivity contribution in [3.05, 3.63) is 24.8 Å². The topological polar surface area (TPSA) is 140 Å². The van der Waals surface area contributed by atoms with Gasteiger partial charge in [-0.25, -0.2) is 24.5 Å². The van der Waals surface area contributed by atoms with E-state index in [-0.39, 0.29) is 23.9 Å². The zero-order valence-corrected chi connectivity index (χ0v) is 18.6. The number of carbonyl (C=O) groups is 2. The molecule has 1 aliphatic rings. The van der Waals surface area contributed by atoms with Crippen LogP contribution in [0.15, 0.2) is 24.8 Å². The molecular formula is C21H28N6O5. The van der Waals surface area contributed by atoms with Crippen LogP contribution >= 0.6 is 0 Å². The molecule has 0 bridgehead atoms. The van der Waals surface area contributed by atoms with Crippen LogP contribution in [0.2, 0.25) is 0 Å². The summed E-state index contributed by atoms with van der Waals surface area (Å²) in [6.45, 7) is 5.42. The maximum Gasteiger partial charge on any atom is 0.413 e. The summed E-state index contributed by atoms with van der Waals surface area (Å²) in [4.78, 5) is 41.9. The lowest BCUT2D eigenvalue weighted by molar-refractivity contribution is 0.0490. The predicted molar refractivity (Wildman–Crippen MR) is 116 cm³/mol. The average Bonchev–Trinajstić information content (AvgIpc) is 2.74. The minimum Gasteiger partial charge on any atom is -0.467 e. The Hall–Kier alpha value is -3.50. The third-order valence-electron chi connectivity index (χ3n) is 4.98. The zero-order chi connectivity index (χ0) is 23.3. The summed E-state index contributed by atoms with van der Waals surface area (Å²) in [5.74, 6) is 0.249. The van der Waals surface area contributed by atoms with E-state index >= 15 is 0 Å². The SMILES string of the molecule is COc1ncc(-c2cnc(N(C(=O)O)C3CCC(NC(=O)OC(C)(C)C)CC3)cn2)cn1. The number of nitrogens with zero attached hydrogens (tertiary/aromatic N) is 5. The van der Waals surface area contributed by atoms with Crippen LogP contribution in [0.25, 0.3) is 11.3 Å². The number of amides is 2. The van der Waals surface area contributed by atoms with Crippen molar-refractivity contribution in [1.29, 1.82) is 0 Å². The molecule has 0 atom stereocenters. The molecule has 32 heavy (non-hydrogen) atoms. The fourth-order valence-electron chi connectivity index (χ4n) is 3.54.